The molecule has 66 valence electrons. The van der Waals surface area contributed by atoms with Gasteiger partial charge in [-0.25, -0.2) is 4.39 Å². The zero-order valence-electron chi connectivity index (χ0n) is 5.61. The summed E-state index contributed by atoms with van der Waals surface area (Å²) in [4.78, 5) is 6.39. The molecular weight excluding hydrogens is 229 g/mol. The Morgan fingerprint density at radius 1 is 1.73 bits per heavy atom. The fourth-order valence-corrected chi connectivity index (χ4v) is 0.417. The lowest BCUT2D eigenvalue weighted by Gasteiger charge is -2.12. The van der Waals surface area contributed by atoms with Gasteiger partial charge in [-0.05, 0) is 15.9 Å². The second-order valence-electron chi connectivity index (χ2n) is 1.81. The maximum atomic E-state index is 12.2. The van der Waals surface area contributed by atoms with Gasteiger partial charge in [-0.2, -0.15) is 8.78 Å². The number of ether oxygens (including phenoxy) is 1. The average molecular weight is 235 g/mol. The van der Waals surface area contributed by atoms with E-state index < -0.39 is 23.6 Å². The Hall–Kier alpha value is -0.260. The maximum Gasteiger partial charge on any atom is 0.335 e. The Balaban J connectivity index is 3.70. The molecule has 6 heteroatoms. The van der Waals surface area contributed by atoms with E-state index in [4.69, 9.17) is 0 Å². The first-order valence-corrected chi connectivity index (χ1v) is 3.47. The Morgan fingerprint density at radius 3 is 2.45 bits per heavy atom. The van der Waals surface area contributed by atoms with Crippen molar-refractivity contribution in [3.05, 3.63) is 0 Å². The first-order valence-electron chi connectivity index (χ1n) is 2.68. The molecule has 0 aliphatic rings. The first kappa shape index (κ1) is 10.7. The van der Waals surface area contributed by atoms with Crippen molar-refractivity contribution >= 4 is 21.9 Å². The Morgan fingerprint density at radius 2 is 2.18 bits per heavy atom. The number of carbonyl (C=O) groups excluding carboxylic acids is 1. The quantitative estimate of drug-likeness (QED) is 0.551. The maximum absolute atomic E-state index is 12.2. The van der Waals surface area contributed by atoms with E-state index in [0.717, 1.165) is 6.92 Å². The topological polar surface area (TPSA) is 26.3 Å². The normalized spacial score (nSPS) is 14.3. The lowest BCUT2D eigenvalue weighted by molar-refractivity contribution is -0.145. The van der Waals surface area contributed by atoms with Crippen LogP contribution < -0.4 is 0 Å². The van der Waals surface area contributed by atoms with Crippen molar-refractivity contribution in [1.29, 1.82) is 0 Å². The van der Waals surface area contributed by atoms with Crippen molar-refractivity contribution in [2.45, 2.75) is 17.9 Å². The molecule has 0 N–H and O–H groups in total. The molecule has 0 bridgehead atoms. The minimum atomic E-state index is -3.64. The van der Waals surface area contributed by atoms with Crippen LogP contribution in [0.4, 0.5) is 13.2 Å². The van der Waals surface area contributed by atoms with E-state index in [1.165, 1.54) is 0 Å². The van der Waals surface area contributed by atoms with Crippen LogP contribution in [0.25, 0.3) is 0 Å². The van der Waals surface area contributed by atoms with Gasteiger partial charge in [0.2, 0.25) is 6.17 Å². The number of hydrogen-bond acceptors (Lipinski definition) is 2. The van der Waals surface area contributed by atoms with Gasteiger partial charge in [0.25, 0.3) is 0 Å². The van der Waals surface area contributed by atoms with E-state index in [9.17, 15) is 18.0 Å². The molecule has 0 aromatic rings. The second kappa shape index (κ2) is 3.94. The summed E-state index contributed by atoms with van der Waals surface area (Å²) in [5, 5.41) is 0. The van der Waals surface area contributed by atoms with Crippen LogP contribution in [0.2, 0.25) is 0 Å². The highest BCUT2D eigenvalue weighted by atomic mass is 79.9. The van der Waals surface area contributed by atoms with Crippen molar-refractivity contribution in [1.82, 2.24) is 0 Å². The summed E-state index contributed by atoms with van der Waals surface area (Å²) in [7, 11) is 0. The molecule has 0 spiro atoms. The molecule has 0 aromatic heterocycles. The van der Waals surface area contributed by atoms with Gasteiger partial charge < -0.3 is 4.74 Å². The molecule has 0 amide bonds. The van der Waals surface area contributed by atoms with Crippen LogP contribution in [0, 0.1) is 0 Å². The molecule has 0 heterocycles. The molecular formula is C5H6BrF3O2. The van der Waals surface area contributed by atoms with Gasteiger partial charge in [-0.3, -0.25) is 4.79 Å². The summed E-state index contributed by atoms with van der Waals surface area (Å²) >= 11 is 1.79. The van der Waals surface area contributed by atoms with E-state index in [0.29, 0.717) is 0 Å². The zero-order valence-corrected chi connectivity index (χ0v) is 7.20. The minimum Gasteiger partial charge on any atom is -0.462 e. The van der Waals surface area contributed by atoms with Gasteiger partial charge in [0, 0.05) is 6.92 Å². The summed E-state index contributed by atoms with van der Waals surface area (Å²) in [5.41, 5.74) is 0. The number of rotatable bonds is 3. The monoisotopic (exact) mass is 234 g/mol. The SMILES string of the molecule is CC(=O)OCC(F)C(F)(F)Br. The van der Waals surface area contributed by atoms with Crippen molar-refractivity contribution in [3.8, 4) is 0 Å². The van der Waals surface area contributed by atoms with Gasteiger partial charge >= 0.3 is 10.8 Å². The van der Waals surface area contributed by atoms with Gasteiger partial charge in [0.15, 0.2) is 0 Å². The number of hydrogen-bond donors (Lipinski definition) is 0. The Bertz CT molecular complexity index is 145. The smallest absolute Gasteiger partial charge is 0.335 e. The highest BCUT2D eigenvalue weighted by Crippen LogP contribution is 2.28. The molecule has 0 radical (unpaired) electrons. The van der Waals surface area contributed by atoms with Gasteiger partial charge in [0.1, 0.15) is 6.61 Å². The number of halogens is 4. The molecule has 2 nitrogen and oxygen atoms in total. The van der Waals surface area contributed by atoms with Crippen LogP contribution in [0.15, 0.2) is 0 Å². The standard InChI is InChI=1S/C5H6BrF3O2/c1-3(10)11-2-4(7)5(6,8)9/h4H,2H2,1H3. The second-order valence-corrected chi connectivity index (χ2v) is 2.87. The lowest BCUT2D eigenvalue weighted by Crippen LogP contribution is -2.28. The number of alkyl halides is 4. The van der Waals surface area contributed by atoms with Crippen LogP contribution in [-0.4, -0.2) is 23.6 Å². The van der Waals surface area contributed by atoms with Crippen LogP contribution in [-0.2, 0) is 9.53 Å². The summed E-state index contributed by atoms with van der Waals surface area (Å²) in [5.74, 6) is -0.788. The molecule has 11 heavy (non-hydrogen) atoms. The minimum absolute atomic E-state index is 0.788. The third-order valence-electron chi connectivity index (χ3n) is 0.788. The molecule has 0 rings (SSSR count). The van der Waals surface area contributed by atoms with Gasteiger partial charge in [-0.1, -0.05) is 0 Å². The number of esters is 1. The molecule has 0 saturated heterocycles. The highest BCUT2D eigenvalue weighted by Gasteiger charge is 2.37. The molecule has 1 atom stereocenters. The summed E-state index contributed by atoms with van der Waals surface area (Å²) in [6.45, 7) is 0.0761. The molecule has 0 aliphatic heterocycles. The third-order valence-corrected chi connectivity index (χ3v) is 1.28. The van der Waals surface area contributed by atoms with Gasteiger partial charge in [-0.15, -0.1) is 0 Å². The van der Waals surface area contributed by atoms with Crippen LogP contribution in [0.1, 0.15) is 6.92 Å². The molecule has 0 saturated carbocycles. The van der Waals surface area contributed by atoms with Crippen LogP contribution >= 0.6 is 15.9 Å². The van der Waals surface area contributed by atoms with E-state index in [1.807, 2.05) is 0 Å². The van der Waals surface area contributed by atoms with Crippen LogP contribution in [0.5, 0.6) is 0 Å². The first-order chi connectivity index (χ1) is 4.84. The average Bonchev–Trinajstić information content (AvgIpc) is 1.80. The zero-order chi connectivity index (χ0) is 9.07. The largest absolute Gasteiger partial charge is 0.462 e. The molecule has 0 aromatic carbocycles. The fourth-order valence-electron chi connectivity index (χ4n) is 0.285. The van der Waals surface area contributed by atoms with Crippen molar-refractivity contribution in [2.24, 2.45) is 0 Å². The van der Waals surface area contributed by atoms with Crippen molar-refractivity contribution in [2.75, 3.05) is 6.61 Å². The third kappa shape index (κ3) is 5.06. The van der Waals surface area contributed by atoms with Crippen molar-refractivity contribution in [3.63, 3.8) is 0 Å². The predicted octanol–water partition coefficient (Wildman–Crippen LogP) is 1.88. The summed E-state index contributed by atoms with van der Waals surface area (Å²) < 4.78 is 40.0. The van der Waals surface area contributed by atoms with Crippen LogP contribution in [0.3, 0.4) is 0 Å². The lowest BCUT2D eigenvalue weighted by atomic mass is 10.4. The fraction of sp³-hybridized carbons (Fsp3) is 0.800. The predicted molar refractivity (Wildman–Crippen MR) is 35.4 cm³/mol. The summed E-state index contributed by atoms with van der Waals surface area (Å²) in [6, 6.07) is 0. The highest BCUT2D eigenvalue weighted by molar-refractivity contribution is 9.10. The Kier molecular flexibility index (Phi) is 3.85. The molecule has 0 aliphatic carbocycles. The Labute approximate surface area is 69.8 Å². The van der Waals surface area contributed by atoms with Crippen molar-refractivity contribution < 1.29 is 22.7 Å². The molecule has 1 unspecified atom stereocenters. The summed E-state index contributed by atoms with van der Waals surface area (Å²) in [6.07, 6.45) is -2.51. The molecule has 0 fully saturated rings. The van der Waals surface area contributed by atoms with E-state index in [1.54, 1.807) is 15.9 Å². The van der Waals surface area contributed by atoms with E-state index in [2.05, 4.69) is 4.74 Å². The van der Waals surface area contributed by atoms with E-state index >= 15 is 0 Å². The van der Waals surface area contributed by atoms with E-state index in [-0.39, 0.29) is 0 Å². The number of carbonyl (C=O) groups is 1. The van der Waals surface area contributed by atoms with Gasteiger partial charge in [0.05, 0.1) is 0 Å².